The largest absolute Gasteiger partial charge is 1.00 e. The van der Waals surface area contributed by atoms with E-state index in [9.17, 15) is 22.9 Å². The van der Waals surface area contributed by atoms with Gasteiger partial charge in [0.2, 0.25) is 0 Å². The van der Waals surface area contributed by atoms with Gasteiger partial charge in [-0.25, -0.2) is 8.42 Å². The third kappa shape index (κ3) is 29.2. The maximum Gasteiger partial charge on any atom is 1.00 e. The summed E-state index contributed by atoms with van der Waals surface area (Å²) in [5, 5.41) is 9.49. The zero-order valence-corrected chi connectivity index (χ0v) is 13.7. The van der Waals surface area contributed by atoms with Crippen LogP contribution in [0.3, 0.4) is 0 Å². The molecule has 0 aromatic carbocycles. The zero-order valence-electron chi connectivity index (χ0n) is 8.86. The van der Waals surface area contributed by atoms with Gasteiger partial charge in [-0.2, -0.15) is 0 Å². The van der Waals surface area contributed by atoms with Crippen LogP contribution in [-0.4, -0.2) is 24.7 Å². The summed E-state index contributed by atoms with van der Waals surface area (Å²) in [5.41, 5.74) is 0.0648. The minimum absolute atomic E-state index is 0. The second-order valence-electron chi connectivity index (χ2n) is 1.91. The molecule has 0 N–H and O–H groups in total. The van der Waals surface area contributed by atoms with Crippen LogP contribution >= 0.6 is 0 Å². The summed E-state index contributed by atoms with van der Waals surface area (Å²) in [6.07, 6.45) is 0. The summed E-state index contributed by atoms with van der Waals surface area (Å²) in [5.74, 6) is -1.50. The summed E-state index contributed by atoms with van der Waals surface area (Å²) in [6.45, 7) is 5.78. The van der Waals surface area contributed by atoms with Gasteiger partial charge in [0, 0.05) is 5.75 Å². The predicted octanol–water partition coefficient (Wildman–Crippen LogP) is -7.13. The van der Waals surface area contributed by atoms with Gasteiger partial charge in [0.15, 0.2) is 0 Å². The Morgan fingerprint density at radius 3 is 1.50 bits per heavy atom. The topological polar surface area (TPSA) is 97.3 Å². The molecule has 0 saturated heterocycles. The number of hydrogen-bond acceptors (Lipinski definition) is 5. The van der Waals surface area contributed by atoms with Crippen LogP contribution in [0.1, 0.15) is 13.8 Å². The Morgan fingerprint density at radius 1 is 1.36 bits per heavy atom. The number of hydrogen-bond donors (Lipinski definition) is 0. The molecule has 0 unspecified atom stereocenters. The van der Waals surface area contributed by atoms with Crippen molar-refractivity contribution in [3.05, 3.63) is 12.2 Å². The average molecular weight is 240 g/mol. The monoisotopic (exact) mass is 240 g/mol. The second-order valence-corrected chi connectivity index (χ2v) is 3.61. The summed E-state index contributed by atoms with van der Waals surface area (Å²) < 4.78 is 28.3. The van der Waals surface area contributed by atoms with E-state index in [1.54, 1.807) is 0 Å². The van der Waals surface area contributed by atoms with Crippen molar-refractivity contribution in [3.8, 4) is 0 Å². The van der Waals surface area contributed by atoms with Gasteiger partial charge < -0.3 is 14.5 Å². The Labute approximate surface area is 128 Å². The Hall–Kier alpha value is 1.12. The van der Waals surface area contributed by atoms with E-state index in [1.165, 1.54) is 13.8 Å². The molecule has 8 heteroatoms. The van der Waals surface area contributed by atoms with Crippen molar-refractivity contribution >= 4 is 16.1 Å². The zero-order chi connectivity index (χ0) is 10.4. The molecule has 0 saturated carbocycles. The first kappa shape index (κ1) is 24.4. The van der Waals surface area contributed by atoms with Gasteiger partial charge in [0.1, 0.15) is 0 Å². The molecule has 0 bridgehead atoms. The normalized spacial score (nSPS) is 8.21. The molecular formula is C6H10Na2O5S. The maximum absolute atomic E-state index is 9.49. The van der Waals surface area contributed by atoms with Crippen molar-refractivity contribution in [2.75, 3.05) is 5.75 Å². The van der Waals surface area contributed by atoms with Crippen molar-refractivity contribution < 1.29 is 82.0 Å². The minimum atomic E-state index is -3.91. The van der Waals surface area contributed by atoms with Gasteiger partial charge in [-0.15, -0.1) is 0 Å². The number of aliphatic carboxylic acids is 1. The molecule has 0 aliphatic heterocycles. The van der Waals surface area contributed by atoms with Gasteiger partial charge in [-0.3, -0.25) is 0 Å². The number of carboxylic acids is 1. The van der Waals surface area contributed by atoms with E-state index in [1.807, 2.05) is 0 Å². The van der Waals surface area contributed by atoms with Crippen molar-refractivity contribution in [1.82, 2.24) is 0 Å². The van der Waals surface area contributed by atoms with Crippen molar-refractivity contribution in [2.24, 2.45) is 0 Å². The molecule has 5 nitrogen and oxygen atoms in total. The van der Waals surface area contributed by atoms with Crippen molar-refractivity contribution in [1.29, 1.82) is 0 Å². The quantitative estimate of drug-likeness (QED) is 0.271. The Bertz CT molecular complexity index is 247. The van der Waals surface area contributed by atoms with Crippen LogP contribution in [-0.2, 0) is 14.9 Å². The molecule has 0 aliphatic carbocycles. The SMILES string of the molecule is C=C(C)C(=O)[O-].CCS(=O)(=O)[O-].[Na+].[Na+]. The third-order valence-electron chi connectivity index (χ3n) is 0.702. The molecule has 0 aliphatic rings. The molecule has 0 spiro atoms. The molecule has 0 amide bonds. The first-order chi connectivity index (χ1) is 5.20. The van der Waals surface area contributed by atoms with Crippen LogP contribution in [0.15, 0.2) is 12.2 Å². The molecule has 0 fully saturated rings. The van der Waals surface area contributed by atoms with Crippen LogP contribution in [0.25, 0.3) is 0 Å². The average Bonchev–Trinajstić information content (AvgIpc) is 1.87. The Kier molecular flexibility index (Phi) is 21.2. The summed E-state index contributed by atoms with van der Waals surface area (Å²) in [4.78, 5) is 9.49. The minimum Gasteiger partial charge on any atom is -0.748 e. The first-order valence-electron chi connectivity index (χ1n) is 3.01. The summed E-state index contributed by atoms with van der Waals surface area (Å²) in [7, 11) is -3.91. The van der Waals surface area contributed by atoms with E-state index in [0.29, 0.717) is 0 Å². The van der Waals surface area contributed by atoms with E-state index < -0.39 is 16.1 Å². The van der Waals surface area contributed by atoms with Gasteiger partial charge in [0.25, 0.3) is 0 Å². The van der Waals surface area contributed by atoms with E-state index >= 15 is 0 Å². The number of rotatable bonds is 2. The number of carbonyl (C=O) groups excluding carboxylic acids is 1. The van der Waals surface area contributed by atoms with E-state index in [0.717, 1.165) is 0 Å². The van der Waals surface area contributed by atoms with Gasteiger partial charge in [-0.05, 0) is 12.5 Å². The smallest absolute Gasteiger partial charge is 0.748 e. The van der Waals surface area contributed by atoms with Crippen LogP contribution < -0.4 is 64.2 Å². The molecule has 72 valence electrons. The molecule has 0 rings (SSSR count). The van der Waals surface area contributed by atoms with Crippen LogP contribution in [0.5, 0.6) is 0 Å². The fourth-order valence-corrected chi connectivity index (χ4v) is 0. The van der Waals surface area contributed by atoms with Crippen LogP contribution in [0, 0.1) is 0 Å². The fraction of sp³-hybridized carbons (Fsp3) is 0.500. The molecule has 0 aromatic heterocycles. The van der Waals surface area contributed by atoms with E-state index in [2.05, 4.69) is 6.58 Å². The molecule has 0 radical (unpaired) electrons. The number of carboxylic acid groups (broad SMARTS) is 1. The molecule has 14 heavy (non-hydrogen) atoms. The maximum atomic E-state index is 9.49. The van der Waals surface area contributed by atoms with E-state index in [-0.39, 0.29) is 70.4 Å². The second kappa shape index (κ2) is 12.2. The van der Waals surface area contributed by atoms with Crippen molar-refractivity contribution in [3.63, 3.8) is 0 Å². The Balaban J connectivity index is -0.0000000625. The Morgan fingerprint density at radius 2 is 1.50 bits per heavy atom. The van der Waals surface area contributed by atoms with Gasteiger partial charge >= 0.3 is 59.1 Å². The number of carbonyl (C=O) groups is 1. The molecule has 0 aromatic rings. The molecular weight excluding hydrogens is 230 g/mol. The summed E-state index contributed by atoms with van der Waals surface area (Å²) >= 11 is 0. The third-order valence-corrected chi connectivity index (χ3v) is 1.41. The summed E-state index contributed by atoms with van der Waals surface area (Å²) in [6, 6.07) is 0. The fourth-order valence-electron chi connectivity index (χ4n) is 0. The van der Waals surface area contributed by atoms with E-state index in [4.69, 9.17) is 0 Å². The van der Waals surface area contributed by atoms with Gasteiger partial charge in [0.05, 0.1) is 16.1 Å². The van der Waals surface area contributed by atoms with Crippen molar-refractivity contribution in [2.45, 2.75) is 13.8 Å². The molecule has 0 atom stereocenters. The van der Waals surface area contributed by atoms with Crippen LogP contribution in [0.2, 0.25) is 0 Å². The van der Waals surface area contributed by atoms with Gasteiger partial charge in [-0.1, -0.05) is 13.5 Å². The van der Waals surface area contributed by atoms with Crippen LogP contribution in [0.4, 0.5) is 0 Å². The predicted molar refractivity (Wildman–Crippen MR) is 40.1 cm³/mol. The first-order valence-corrected chi connectivity index (χ1v) is 4.58. The standard InChI is InChI=1S/C4H6O2.C2H6O3S.2Na/c1-3(2)4(5)6;1-2-6(3,4)5;;/h1H2,2H3,(H,5,6);2H2,1H3,(H,3,4,5);;/q;;2*+1/p-2. The molecule has 0 heterocycles.